The second-order valence-corrected chi connectivity index (χ2v) is 3.51. The number of hydrogen-bond donors (Lipinski definition) is 1. The van der Waals surface area contributed by atoms with E-state index in [1.807, 2.05) is 20.8 Å². The summed E-state index contributed by atoms with van der Waals surface area (Å²) < 4.78 is 4.84. The summed E-state index contributed by atoms with van der Waals surface area (Å²) in [6, 6.07) is 0. The minimum Gasteiger partial charge on any atom is -0.387 e. The summed E-state index contributed by atoms with van der Waals surface area (Å²) in [5.41, 5.74) is 5.67. The van der Waals surface area contributed by atoms with E-state index in [0.717, 1.165) is 0 Å². The van der Waals surface area contributed by atoms with E-state index in [4.69, 9.17) is 10.5 Å². The third-order valence-electron chi connectivity index (χ3n) is 1.35. The molecule has 0 saturated heterocycles. The van der Waals surface area contributed by atoms with Crippen LogP contribution in [0.3, 0.4) is 0 Å². The van der Waals surface area contributed by atoms with Gasteiger partial charge in [0.25, 0.3) is 0 Å². The van der Waals surface area contributed by atoms with Gasteiger partial charge in [0.15, 0.2) is 0 Å². The Morgan fingerprint density at radius 3 is 2.36 bits per heavy atom. The largest absolute Gasteiger partial charge is 0.387 e. The van der Waals surface area contributed by atoms with Crippen LogP contribution in [0.25, 0.3) is 0 Å². The van der Waals surface area contributed by atoms with Gasteiger partial charge in [-0.3, -0.25) is 4.99 Å². The number of nitrogens with zero attached hydrogens (tertiary/aromatic N) is 1. The van der Waals surface area contributed by atoms with Crippen LogP contribution in [0.15, 0.2) is 4.99 Å². The van der Waals surface area contributed by atoms with E-state index in [-0.39, 0.29) is 5.41 Å². The topological polar surface area (TPSA) is 47.6 Å². The highest BCUT2D eigenvalue weighted by atomic mass is 16.5. The molecule has 0 aromatic heterocycles. The Labute approximate surface area is 68.6 Å². The SMILES string of the molecule is COCCN=C(N)C(C)(C)C. The van der Waals surface area contributed by atoms with Gasteiger partial charge in [-0.15, -0.1) is 0 Å². The number of methoxy groups -OCH3 is 1. The minimum atomic E-state index is -0.0201. The summed E-state index contributed by atoms with van der Waals surface area (Å²) in [7, 11) is 1.66. The van der Waals surface area contributed by atoms with Crippen molar-refractivity contribution in [3.63, 3.8) is 0 Å². The zero-order valence-corrected chi connectivity index (χ0v) is 7.85. The fourth-order valence-electron chi connectivity index (χ4n) is 0.495. The van der Waals surface area contributed by atoms with Crippen LogP contribution >= 0.6 is 0 Å². The van der Waals surface area contributed by atoms with Gasteiger partial charge in [0.2, 0.25) is 0 Å². The van der Waals surface area contributed by atoms with E-state index < -0.39 is 0 Å². The Kier molecular flexibility index (Phi) is 4.11. The van der Waals surface area contributed by atoms with Crippen LogP contribution in [0.1, 0.15) is 20.8 Å². The molecule has 0 rings (SSSR count). The maximum Gasteiger partial charge on any atom is 0.0992 e. The van der Waals surface area contributed by atoms with Crippen molar-refractivity contribution in [2.24, 2.45) is 16.1 Å². The number of rotatable bonds is 3. The molecule has 0 aromatic rings. The Bertz CT molecular complexity index is 136. The van der Waals surface area contributed by atoms with Gasteiger partial charge in [-0.1, -0.05) is 20.8 Å². The molecule has 2 N–H and O–H groups in total. The summed E-state index contributed by atoms with van der Waals surface area (Å²) in [5, 5.41) is 0. The van der Waals surface area contributed by atoms with Crippen LogP contribution in [-0.2, 0) is 4.74 Å². The van der Waals surface area contributed by atoms with Gasteiger partial charge < -0.3 is 10.5 Å². The molecule has 0 aliphatic heterocycles. The third kappa shape index (κ3) is 4.79. The zero-order valence-electron chi connectivity index (χ0n) is 7.85. The molecule has 0 spiro atoms. The summed E-state index contributed by atoms with van der Waals surface area (Å²) in [6.07, 6.45) is 0. The van der Waals surface area contributed by atoms with Crippen molar-refractivity contribution in [2.75, 3.05) is 20.3 Å². The highest BCUT2D eigenvalue weighted by Gasteiger charge is 2.14. The molecular formula is C8H18N2O. The third-order valence-corrected chi connectivity index (χ3v) is 1.35. The molecule has 3 nitrogen and oxygen atoms in total. The van der Waals surface area contributed by atoms with Gasteiger partial charge >= 0.3 is 0 Å². The van der Waals surface area contributed by atoms with Crippen molar-refractivity contribution in [2.45, 2.75) is 20.8 Å². The first-order chi connectivity index (χ1) is 4.98. The number of hydrogen-bond acceptors (Lipinski definition) is 2. The van der Waals surface area contributed by atoms with Crippen molar-refractivity contribution in [3.8, 4) is 0 Å². The first-order valence-electron chi connectivity index (χ1n) is 3.78. The van der Waals surface area contributed by atoms with Gasteiger partial charge in [-0.2, -0.15) is 0 Å². The highest BCUT2D eigenvalue weighted by molar-refractivity contribution is 5.85. The molecule has 11 heavy (non-hydrogen) atoms. The highest BCUT2D eigenvalue weighted by Crippen LogP contribution is 2.12. The van der Waals surface area contributed by atoms with Crippen molar-refractivity contribution in [1.29, 1.82) is 0 Å². The van der Waals surface area contributed by atoms with Crippen molar-refractivity contribution in [3.05, 3.63) is 0 Å². The van der Waals surface area contributed by atoms with Crippen molar-refractivity contribution >= 4 is 5.84 Å². The zero-order chi connectivity index (χ0) is 8.91. The van der Waals surface area contributed by atoms with Crippen LogP contribution in [-0.4, -0.2) is 26.1 Å². The molecule has 0 aliphatic rings. The van der Waals surface area contributed by atoms with Gasteiger partial charge in [0, 0.05) is 12.5 Å². The smallest absolute Gasteiger partial charge is 0.0992 e. The normalized spacial score (nSPS) is 13.6. The number of nitrogens with two attached hydrogens (primary N) is 1. The molecule has 0 aromatic carbocycles. The lowest BCUT2D eigenvalue weighted by atomic mass is 9.95. The molecule has 0 radical (unpaired) electrons. The van der Waals surface area contributed by atoms with E-state index in [0.29, 0.717) is 19.0 Å². The second-order valence-electron chi connectivity index (χ2n) is 3.51. The lowest BCUT2D eigenvalue weighted by Crippen LogP contribution is -2.29. The predicted molar refractivity (Wildman–Crippen MR) is 47.8 cm³/mol. The Balaban J connectivity index is 3.81. The Morgan fingerprint density at radius 1 is 1.45 bits per heavy atom. The molecule has 3 heteroatoms. The molecular weight excluding hydrogens is 140 g/mol. The van der Waals surface area contributed by atoms with Gasteiger partial charge in [-0.25, -0.2) is 0 Å². The molecule has 0 aliphatic carbocycles. The first kappa shape index (κ1) is 10.4. The summed E-state index contributed by atoms with van der Waals surface area (Å²) >= 11 is 0. The van der Waals surface area contributed by atoms with Gasteiger partial charge in [0.1, 0.15) is 0 Å². The Morgan fingerprint density at radius 2 is 2.00 bits per heavy atom. The quantitative estimate of drug-likeness (QED) is 0.379. The average Bonchev–Trinajstić information content (AvgIpc) is 1.86. The summed E-state index contributed by atoms with van der Waals surface area (Å²) in [4.78, 5) is 4.15. The van der Waals surface area contributed by atoms with Gasteiger partial charge in [0.05, 0.1) is 19.0 Å². The summed E-state index contributed by atoms with van der Waals surface area (Å²) in [6.45, 7) is 7.41. The van der Waals surface area contributed by atoms with Crippen LogP contribution < -0.4 is 5.73 Å². The maximum atomic E-state index is 5.69. The van der Waals surface area contributed by atoms with E-state index in [2.05, 4.69) is 4.99 Å². The molecule has 0 heterocycles. The molecule has 0 saturated carbocycles. The minimum absolute atomic E-state index is 0.0201. The second kappa shape index (κ2) is 4.34. The maximum absolute atomic E-state index is 5.69. The van der Waals surface area contributed by atoms with E-state index >= 15 is 0 Å². The molecule has 0 bridgehead atoms. The van der Waals surface area contributed by atoms with Crippen molar-refractivity contribution in [1.82, 2.24) is 0 Å². The average molecular weight is 158 g/mol. The number of aliphatic imine (C=N–C) groups is 1. The standard InChI is InChI=1S/C8H18N2O/c1-8(2,3)7(9)10-5-6-11-4/h5-6H2,1-4H3,(H2,9,10). The van der Waals surface area contributed by atoms with Crippen LogP contribution in [0.2, 0.25) is 0 Å². The Hall–Kier alpha value is -0.570. The van der Waals surface area contributed by atoms with Gasteiger partial charge in [-0.05, 0) is 0 Å². The molecule has 66 valence electrons. The lowest BCUT2D eigenvalue weighted by Gasteiger charge is -2.17. The predicted octanol–water partition coefficient (Wildman–Crippen LogP) is 1.04. The van der Waals surface area contributed by atoms with Crippen LogP contribution in [0.5, 0.6) is 0 Å². The summed E-state index contributed by atoms with van der Waals surface area (Å²) in [5.74, 6) is 0.689. The molecule has 0 amide bonds. The van der Waals surface area contributed by atoms with Crippen molar-refractivity contribution < 1.29 is 4.74 Å². The monoisotopic (exact) mass is 158 g/mol. The van der Waals surface area contributed by atoms with Crippen LogP contribution in [0.4, 0.5) is 0 Å². The lowest BCUT2D eigenvalue weighted by molar-refractivity contribution is 0.207. The van der Waals surface area contributed by atoms with E-state index in [1.54, 1.807) is 7.11 Å². The molecule has 0 unspecified atom stereocenters. The first-order valence-corrected chi connectivity index (χ1v) is 3.78. The molecule has 0 atom stereocenters. The van der Waals surface area contributed by atoms with E-state index in [9.17, 15) is 0 Å². The molecule has 0 fully saturated rings. The fourth-order valence-corrected chi connectivity index (χ4v) is 0.495. The number of ether oxygens (including phenoxy) is 1. The number of amidine groups is 1. The fraction of sp³-hybridized carbons (Fsp3) is 0.875. The van der Waals surface area contributed by atoms with E-state index in [1.165, 1.54) is 0 Å². The van der Waals surface area contributed by atoms with Crippen LogP contribution in [0, 0.1) is 5.41 Å².